The van der Waals surface area contributed by atoms with E-state index in [4.69, 9.17) is 5.73 Å². The van der Waals surface area contributed by atoms with E-state index < -0.39 is 11.9 Å². The molecule has 0 aromatic carbocycles. The molecule has 4 heteroatoms. The topological polar surface area (TPSA) is 69.4 Å². The Morgan fingerprint density at radius 1 is 1.45 bits per heavy atom. The van der Waals surface area contributed by atoms with Crippen LogP contribution < -0.4 is 5.73 Å². The zero-order valence-electron chi connectivity index (χ0n) is 6.37. The van der Waals surface area contributed by atoms with Gasteiger partial charge in [0.05, 0.1) is 6.61 Å². The molecule has 4 nitrogen and oxygen atoms in total. The maximum Gasteiger partial charge on any atom is 0.330 e. The maximum atomic E-state index is 10.6. The van der Waals surface area contributed by atoms with Gasteiger partial charge < -0.3 is 10.5 Å². The molecule has 11 heavy (non-hydrogen) atoms. The van der Waals surface area contributed by atoms with Gasteiger partial charge in [-0.1, -0.05) is 6.92 Å². The second-order valence-corrected chi connectivity index (χ2v) is 1.90. The van der Waals surface area contributed by atoms with Crippen molar-refractivity contribution in [3.05, 3.63) is 12.2 Å². The first-order valence-corrected chi connectivity index (χ1v) is 3.31. The molecule has 0 saturated heterocycles. The molecule has 0 aliphatic heterocycles. The largest absolute Gasteiger partial charge is 0.463 e. The zero-order valence-corrected chi connectivity index (χ0v) is 6.37. The molecule has 0 aromatic heterocycles. The zero-order chi connectivity index (χ0) is 8.69. The lowest BCUT2D eigenvalue weighted by Crippen LogP contribution is -2.08. The van der Waals surface area contributed by atoms with E-state index in [-0.39, 0.29) is 0 Å². The maximum absolute atomic E-state index is 10.6. The molecule has 0 bridgehead atoms. The van der Waals surface area contributed by atoms with Crippen molar-refractivity contribution in [3.63, 3.8) is 0 Å². The summed E-state index contributed by atoms with van der Waals surface area (Å²) in [6.45, 7) is 2.24. The monoisotopic (exact) mass is 157 g/mol. The number of rotatable bonds is 4. The van der Waals surface area contributed by atoms with Crippen molar-refractivity contribution >= 4 is 11.9 Å². The SMILES string of the molecule is CCCOC(=O)C=CC(N)=O. The van der Waals surface area contributed by atoms with Crippen LogP contribution in [0.15, 0.2) is 12.2 Å². The van der Waals surface area contributed by atoms with Gasteiger partial charge in [0.2, 0.25) is 5.91 Å². The third kappa shape index (κ3) is 6.57. The Morgan fingerprint density at radius 3 is 2.55 bits per heavy atom. The van der Waals surface area contributed by atoms with Gasteiger partial charge >= 0.3 is 5.97 Å². The number of hydrogen-bond donors (Lipinski definition) is 1. The van der Waals surface area contributed by atoms with Crippen molar-refractivity contribution in [1.82, 2.24) is 0 Å². The molecule has 0 atom stereocenters. The van der Waals surface area contributed by atoms with Gasteiger partial charge in [-0.3, -0.25) is 4.79 Å². The predicted molar refractivity (Wildman–Crippen MR) is 39.6 cm³/mol. The summed E-state index contributed by atoms with van der Waals surface area (Å²) in [4.78, 5) is 20.7. The van der Waals surface area contributed by atoms with Crippen LogP contribution in [-0.4, -0.2) is 18.5 Å². The van der Waals surface area contributed by atoms with E-state index in [9.17, 15) is 9.59 Å². The molecule has 0 radical (unpaired) electrons. The Balaban J connectivity index is 3.60. The molecule has 0 rings (SSSR count). The fourth-order valence-corrected chi connectivity index (χ4v) is 0.401. The lowest BCUT2D eigenvalue weighted by molar-refractivity contribution is -0.138. The van der Waals surface area contributed by atoms with Crippen molar-refractivity contribution in [1.29, 1.82) is 0 Å². The summed E-state index contributed by atoms with van der Waals surface area (Å²) in [6, 6.07) is 0. The molecular weight excluding hydrogens is 146 g/mol. The van der Waals surface area contributed by atoms with Crippen LogP contribution >= 0.6 is 0 Å². The molecule has 62 valence electrons. The number of amides is 1. The van der Waals surface area contributed by atoms with Crippen molar-refractivity contribution in [2.75, 3.05) is 6.61 Å². The fourth-order valence-electron chi connectivity index (χ4n) is 0.401. The van der Waals surface area contributed by atoms with E-state index in [1.807, 2.05) is 6.92 Å². The summed E-state index contributed by atoms with van der Waals surface area (Å²) in [6.07, 6.45) is 2.74. The van der Waals surface area contributed by atoms with Crippen LogP contribution in [0.5, 0.6) is 0 Å². The van der Waals surface area contributed by atoms with Gasteiger partial charge in [0, 0.05) is 12.2 Å². The number of carbonyl (C=O) groups excluding carboxylic acids is 2. The first-order valence-electron chi connectivity index (χ1n) is 3.31. The van der Waals surface area contributed by atoms with Crippen molar-refractivity contribution < 1.29 is 14.3 Å². The average Bonchev–Trinajstić information content (AvgIpc) is 1.97. The Kier molecular flexibility index (Phi) is 4.81. The summed E-state index contributed by atoms with van der Waals surface area (Å²) in [5.74, 6) is -1.19. The summed E-state index contributed by atoms with van der Waals surface area (Å²) in [5, 5.41) is 0. The number of hydrogen-bond acceptors (Lipinski definition) is 3. The smallest absolute Gasteiger partial charge is 0.330 e. The molecule has 0 aromatic rings. The predicted octanol–water partition coefficient (Wildman–Crippen LogP) is -0.0189. The van der Waals surface area contributed by atoms with Gasteiger partial charge in [-0.05, 0) is 6.42 Å². The van der Waals surface area contributed by atoms with Crippen molar-refractivity contribution in [3.8, 4) is 0 Å². The van der Waals surface area contributed by atoms with Gasteiger partial charge in [-0.2, -0.15) is 0 Å². The molecule has 0 heterocycles. The molecule has 0 spiro atoms. The summed E-state index contributed by atoms with van der Waals surface area (Å²) >= 11 is 0. The van der Waals surface area contributed by atoms with E-state index in [1.165, 1.54) is 0 Å². The molecule has 0 unspecified atom stereocenters. The van der Waals surface area contributed by atoms with Crippen LogP contribution in [0.1, 0.15) is 13.3 Å². The van der Waals surface area contributed by atoms with E-state index in [0.717, 1.165) is 18.6 Å². The van der Waals surface area contributed by atoms with Gasteiger partial charge in [0.25, 0.3) is 0 Å². The van der Waals surface area contributed by atoms with Crippen molar-refractivity contribution in [2.45, 2.75) is 13.3 Å². The normalized spacial score (nSPS) is 9.91. The second-order valence-electron chi connectivity index (χ2n) is 1.90. The molecular formula is C7H11NO3. The van der Waals surface area contributed by atoms with Gasteiger partial charge in [0.1, 0.15) is 0 Å². The minimum Gasteiger partial charge on any atom is -0.463 e. The number of primary amides is 1. The van der Waals surface area contributed by atoms with Crippen LogP contribution in [0.2, 0.25) is 0 Å². The first-order chi connectivity index (χ1) is 5.16. The van der Waals surface area contributed by atoms with Crippen LogP contribution in [0.4, 0.5) is 0 Å². The molecule has 2 N–H and O–H groups in total. The minimum atomic E-state index is -0.654. The lowest BCUT2D eigenvalue weighted by atomic mass is 10.5. The highest BCUT2D eigenvalue weighted by molar-refractivity contribution is 5.93. The van der Waals surface area contributed by atoms with Gasteiger partial charge in [-0.25, -0.2) is 4.79 Å². The van der Waals surface area contributed by atoms with Crippen LogP contribution in [0.3, 0.4) is 0 Å². The van der Waals surface area contributed by atoms with Gasteiger partial charge in [0.15, 0.2) is 0 Å². The summed E-state index contributed by atoms with van der Waals surface area (Å²) in [5.41, 5.74) is 4.74. The average molecular weight is 157 g/mol. The van der Waals surface area contributed by atoms with Crippen LogP contribution in [0, 0.1) is 0 Å². The number of esters is 1. The highest BCUT2D eigenvalue weighted by Crippen LogP contribution is 1.83. The Morgan fingerprint density at radius 2 is 2.09 bits per heavy atom. The van der Waals surface area contributed by atoms with Crippen LogP contribution in [0.25, 0.3) is 0 Å². The van der Waals surface area contributed by atoms with Gasteiger partial charge in [-0.15, -0.1) is 0 Å². The van der Waals surface area contributed by atoms with E-state index in [2.05, 4.69) is 4.74 Å². The highest BCUT2D eigenvalue weighted by atomic mass is 16.5. The highest BCUT2D eigenvalue weighted by Gasteiger charge is 1.94. The number of ether oxygens (including phenoxy) is 1. The van der Waals surface area contributed by atoms with Crippen LogP contribution in [-0.2, 0) is 14.3 Å². The first kappa shape index (κ1) is 9.68. The Labute approximate surface area is 65.0 Å². The summed E-state index contributed by atoms with van der Waals surface area (Å²) < 4.78 is 4.61. The molecule has 1 amide bonds. The molecule has 0 aliphatic rings. The minimum absolute atomic E-state index is 0.363. The van der Waals surface area contributed by atoms with E-state index in [0.29, 0.717) is 6.61 Å². The number of carbonyl (C=O) groups is 2. The third-order valence-corrected chi connectivity index (χ3v) is 0.832. The van der Waals surface area contributed by atoms with E-state index >= 15 is 0 Å². The second kappa shape index (κ2) is 5.46. The fraction of sp³-hybridized carbons (Fsp3) is 0.429. The number of nitrogens with two attached hydrogens (primary N) is 1. The molecule has 0 fully saturated rings. The standard InChI is InChI=1S/C7H11NO3/c1-2-5-11-7(10)4-3-6(8)9/h3-4H,2,5H2,1H3,(H2,8,9). The Hall–Kier alpha value is -1.32. The third-order valence-electron chi connectivity index (χ3n) is 0.832. The quantitative estimate of drug-likeness (QED) is 0.460. The van der Waals surface area contributed by atoms with E-state index in [1.54, 1.807) is 0 Å². The summed E-state index contributed by atoms with van der Waals surface area (Å²) in [7, 11) is 0. The molecule has 0 aliphatic carbocycles. The Bertz CT molecular complexity index is 175. The molecule has 0 saturated carbocycles. The lowest BCUT2D eigenvalue weighted by Gasteiger charge is -1.95. The van der Waals surface area contributed by atoms with Crippen molar-refractivity contribution in [2.24, 2.45) is 5.73 Å².